The number of hydrogen-bond acceptors (Lipinski definition) is 6. The molecule has 0 bridgehead atoms. The zero-order valence-corrected chi connectivity index (χ0v) is 15.7. The van der Waals surface area contributed by atoms with E-state index in [9.17, 15) is 13.2 Å². The average Bonchev–Trinajstić information content (AvgIpc) is 2.60. The SMILES string of the molecule is CCc1cc(=O)[nH]c(-c2ccc(NCC3CN(S(=O)(=O)CC)C3)nc2)n1. The predicted octanol–water partition coefficient (Wildman–Crippen LogP) is 1.09. The number of H-pyrrole nitrogens is 1. The number of aromatic amines is 1. The highest BCUT2D eigenvalue weighted by Crippen LogP contribution is 2.21. The predicted molar refractivity (Wildman–Crippen MR) is 100 cm³/mol. The highest BCUT2D eigenvalue weighted by atomic mass is 32.2. The van der Waals surface area contributed by atoms with Gasteiger partial charge in [-0.25, -0.2) is 22.7 Å². The Morgan fingerprint density at radius 3 is 2.69 bits per heavy atom. The fourth-order valence-corrected chi connectivity index (χ4v) is 4.02. The first-order valence-electron chi connectivity index (χ1n) is 8.69. The van der Waals surface area contributed by atoms with E-state index in [1.807, 2.05) is 19.1 Å². The van der Waals surface area contributed by atoms with E-state index in [1.54, 1.807) is 13.1 Å². The van der Waals surface area contributed by atoms with Crippen LogP contribution in [0.2, 0.25) is 0 Å². The van der Waals surface area contributed by atoms with Gasteiger partial charge in [0, 0.05) is 49.1 Å². The number of nitrogens with zero attached hydrogens (tertiary/aromatic N) is 3. The molecule has 8 nitrogen and oxygen atoms in total. The van der Waals surface area contributed by atoms with E-state index in [2.05, 4.69) is 20.3 Å². The fraction of sp³-hybridized carbons (Fsp3) is 0.471. The van der Waals surface area contributed by atoms with Gasteiger partial charge in [-0.3, -0.25) is 4.79 Å². The molecule has 0 atom stereocenters. The second kappa shape index (κ2) is 7.55. The van der Waals surface area contributed by atoms with E-state index in [-0.39, 0.29) is 17.2 Å². The Labute approximate surface area is 152 Å². The van der Waals surface area contributed by atoms with Gasteiger partial charge in [0.05, 0.1) is 5.75 Å². The number of aromatic nitrogens is 3. The number of hydrogen-bond donors (Lipinski definition) is 2. The molecule has 140 valence electrons. The summed E-state index contributed by atoms with van der Waals surface area (Å²) in [6.07, 6.45) is 2.35. The highest BCUT2D eigenvalue weighted by molar-refractivity contribution is 7.89. The lowest BCUT2D eigenvalue weighted by Gasteiger charge is -2.38. The molecular weight excluding hydrogens is 354 g/mol. The molecule has 0 saturated carbocycles. The van der Waals surface area contributed by atoms with Gasteiger partial charge in [-0.05, 0) is 25.5 Å². The molecule has 3 rings (SSSR count). The van der Waals surface area contributed by atoms with E-state index >= 15 is 0 Å². The minimum atomic E-state index is -3.07. The van der Waals surface area contributed by atoms with Crippen molar-refractivity contribution in [3.05, 3.63) is 40.4 Å². The molecule has 3 heterocycles. The molecular formula is C17H23N5O3S. The van der Waals surface area contributed by atoms with Crippen LogP contribution in [0.25, 0.3) is 11.4 Å². The Morgan fingerprint density at radius 2 is 2.08 bits per heavy atom. The molecule has 1 saturated heterocycles. The van der Waals surface area contributed by atoms with Gasteiger partial charge in [0.25, 0.3) is 5.56 Å². The normalized spacial score (nSPS) is 15.6. The van der Waals surface area contributed by atoms with Crippen LogP contribution in [-0.2, 0) is 16.4 Å². The summed E-state index contributed by atoms with van der Waals surface area (Å²) in [7, 11) is -3.07. The lowest BCUT2D eigenvalue weighted by Crippen LogP contribution is -2.52. The van der Waals surface area contributed by atoms with Crippen LogP contribution in [0.3, 0.4) is 0 Å². The Morgan fingerprint density at radius 1 is 1.31 bits per heavy atom. The molecule has 1 aliphatic rings. The molecule has 2 aromatic rings. The molecule has 0 spiro atoms. The van der Waals surface area contributed by atoms with Crippen molar-refractivity contribution < 1.29 is 8.42 Å². The maximum absolute atomic E-state index is 11.7. The van der Waals surface area contributed by atoms with Gasteiger partial charge in [0.1, 0.15) is 11.6 Å². The fourth-order valence-electron chi connectivity index (χ4n) is 2.77. The Hall–Kier alpha value is -2.26. The monoisotopic (exact) mass is 377 g/mol. The number of sulfonamides is 1. The first-order chi connectivity index (χ1) is 12.4. The van der Waals surface area contributed by atoms with Gasteiger partial charge in [-0.1, -0.05) is 6.92 Å². The Kier molecular flexibility index (Phi) is 5.38. The minimum Gasteiger partial charge on any atom is -0.370 e. The van der Waals surface area contributed by atoms with Crippen molar-refractivity contribution in [2.45, 2.75) is 20.3 Å². The summed E-state index contributed by atoms with van der Waals surface area (Å²) in [5.74, 6) is 1.65. The summed E-state index contributed by atoms with van der Waals surface area (Å²) in [5.41, 5.74) is 1.31. The molecule has 2 N–H and O–H groups in total. The average molecular weight is 377 g/mol. The van der Waals surface area contributed by atoms with E-state index in [1.165, 1.54) is 10.4 Å². The maximum Gasteiger partial charge on any atom is 0.251 e. The summed E-state index contributed by atoms with van der Waals surface area (Å²) in [4.78, 5) is 23.2. The van der Waals surface area contributed by atoms with E-state index in [0.29, 0.717) is 37.7 Å². The number of anilines is 1. The van der Waals surface area contributed by atoms with Gasteiger partial charge in [-0.2, -0.15) is 0 Å². The molecule has 2 aromatic heterocycles. The van der Waals surface area contributed by atoms with Crippen LogP contribution in [0.15, 0.2) is 29.2 Å². The maximum atomic E-state index is 11.7. The van der Waals surface area contributed by atoms with Crippen molar-refractivity contribution in [2.24, 2.45) is 5.92 Å². The van der Waals surface area contributed by atoms with Gasteiger partial charge < -0.3 is 10.3 Å². The summed E-state index contributed by atoms with van der Waals surface area (Å²) >= 11 is 0. The molecule has 0 aromatic carbocycles. The first kappa shape index (κ1) is 18.5. The van der Waals surface area contributed by atoms with Crippen LogP contribution in [0.1, 0.15) is 19.5 Å². The molecule has 26 heavy (non-hydrogen) atoms. The van der Waals surface area contributed by atoms with Crippen LogP contribution in [-0.4, -0.2) is 53.1 Å². The minimum absolute atomic E-state index is 0.144. The number of rotatable bonds is 7. The van der Waals surface area contributed by atoms with Crippen molar-refractivity contribution >= 4 is 15.8 Å². The second-order valence-electron chi connectivity index (χ2n) is 6.34. The zero-order valence-electron chi connectivity index (χ0n) is 14.9. The zero-order chi connectivity index (χ0) is 18.7. The molecule has 1 aliphatic heterocycles. The van der Waals surface area contributed by atoms with Crippen molar-refractivity contribution in [3.8, 4) is 11.4 Å². The summed E-state index contributed by atoms with van der Waals surface area (Å²) in [6, 6.07) is 5.17. The topological polar surface area (TPSA) is 108 Å². The number of nitrogens with one attached hydrogen (secondary N) is 2. The van der Waals surface area contributed by atoms with E-state index in [0.717, 1.165) is 11.3 Å². The van der Waals surface area contributed by atoms with Crippen molar-refractivity contribution in [1.82, 2.24) is 19.3 Å². The van der Waals surface area contributed by atoms with Crippen LogP contribution >= 0.6 is 0 Å². The third-order valence-corrected chi connectivity index (χ3v) is 6.26. The largest absolute Gasteiger partial charge is 0.370 e. The van der Waals surface area contributed by atoms with Crippen LogP contribution in [0, 0.1) is 5.92 Å². The van der Waals surface area contributed by atoms with Crippen molar-refractivity contribution in [1.29, 1.82) is 0 Å². The third kappa shape index (κ3) is 4.10. The summed E-state index contributed by atoms with van der Waals surface area (Å²) < 4.78 is 24.9. The molecule has 0 radical (unpaired) electrons. The molecule has 9 heteroatoms. The number of aryl methyl sites for hydroxylation is 1. The van der Waals surface area contributed by atoms with Gasteiger partial charge >= 0.3 is 0 Å². The van der Waals surface area contributed by atoms with Crippen LogP contribution < -0.4 is 10.9 Å². The first-order valence-corrected chi connectivity index (χ1v) is 10.3. The molecule has 1 fully saturated rings. The van der Waals surface area contributed by atoms with Crippen LogP contribution in [0.4, 0.5) is 5.82 Å². The quantitative estimate of drug-likeness (QED) is 0.748. The van der Waals surface area contributed by atoms with E-state index < -0.39 is 10.0 Å². The van der Waals surface area contributed by atoms with Gasteiger partial charge in [0.2, 0.25) is 10.0 Å². The standard InChI is InChI=1S/C17H23N5O3S/c1-3-14-7-16(23)21-17(20-14)13-5-6-15(19-9-13)18-8-12-10-22(11-12)26(24,25)4-2/h5-7,9,12H,3-4,8,10-11H2,1-2H3,(H,18,19)(H,20,21,23). The van der Waals surface area contributed by atoms with Gasteiger partial charge in [0.15, 0.2) is 0 Å². The van der Waals surface area contributed by atoms with Crippen LogP contribution in [0.5, 0.6) is 0 Å². The van der Waals surface area contributed by atoms with E-state index in [4.69, 9.17) is 0 Å². The molecule has 0 unspecified atom stereocenters. The smallest absolute Gasteiger partial charge is 0.251 e. The summed E-state index contributed by atoms with van der Waals surface area (Å²) in [6.45, 7) is 5.38. The third-order valence-electron chi connectivity index (χ3n) is 4.45. The summed E-state index contributed by atoms with van der Waals surface area (Å²) in [5, 5.41) is 3.22. The van der Waals surface area contributed by atoms with Gasteiger partial charge in [-0.15, -0.1) is 0 Å². The lowest BCUT2D eigenvalue weighted by molar-refractivity contribution is 0.212. The Balaban J connectivity index is 1.58. The molecule has 0 aliphatic carbocycles. The highest BCUT2D eigenvalue weighted by Gasteiger charge is 2.34. The second-order valence-corrected chi connectivity index (χ2v) is 8.59. The van der Waals surface area contributed by atoms with Crippen molar-refractivity contribution in [3.63, 3.8) is 0 Å². The lowest BCUT2D eigenvalue weighted by atomic mass is 10.0. The molecule has 0 amide bonds. The Bertz CT molecular complexity index is 918. The number of pyridine rings is 1. The van der Waals surface area contributed by atoms with Crippen molar-refractivity contribution in [2.75, 3.05) is 30.7 Å².